The average Bonchev–Trinajstić information content (AvgIpc) is 3.03. The van der Waals surface area contributed by atoms with Crippen molar-refractivity contribution in [3.63, 3.8) is 0 Å². The number of halogens is 1. The summed E-state index contributed by atoms with van der Waals surface area (Å²) in [5, 5.41) is -1.17. The summed E-state index contributed by atoms with van der Waals surface area (Å²) in [7, 11) is 0. The van der Waals surface area contributed by atoms with Crippen molar-refractivity contribution in [3.05, 3.63) is 0 Å². The van der Waals surface area contributed by atoms with Gasteiger partial charge in [0.05, 0.1) is 6.61 Å². The lowest BCUT2D eigenvalue weighted by Crippen LogP contribution is -2.64. The third-order valence-electron chi connectivity index (χ3n) is 5.71. The molecule has 0 N–H and O–H groups in total. The predicted octanol–water partition coefficient (Wildman–Crippen LogP) is 0.00100. The summed E-state index contributed by atoms with van der Waals surface area (Å²) in [6, 6.07) is 0. The Morgan fingerprint density at radius 1 is 0.545 bits per heavy atom. The highest BCUT2D eigenvalue weighted by molar-refractivity contribution is 9.09. The molecule has 0 aliphatic carbocycles. The first kappa shape index (κ1) is 30.7. The number of hydrogen-bond donors (Lipinski definition) is 0. The maximum Gasteiger partial charge on any atom is 0.303 e. The van der Waals surface area contributed by atoms with E-state index in [-0.39, 0.29) is 0 Å². The Balaban J connectivity index is 2.55. The molecule has 44 heavy (non-hydrogen) atoms. The standard InChI is InChI=1S/C26H35BrO17/c1-10(28)35-8-18-20(38-12(3)30)22(40-14(5)32)24(42-16(7)34)26(44-18)36-9-17-19(37-11(2)29)21(39-13(4)31)23(25(27)43-17)41-15(6)33/h17-26H,8-9H2,1-7H3/t17-,18-,19-,20-,21+,22+,23-,24-,25+,26?/m1/s1/i1D,3D,5D,7D. The lowest BCUT2D eigenvalue weighted by molar-refractivity contribution is -0.317. The van der Waals surface area contributed by atoms with Crippen molar-refractivity contribution in [2.75, 3.05) is 13.2 Å². The maximum atomic E-state index is 12.3. The summed E-state index contributed by atoms with van der Waals surface area (Å²) in [5.74, 6) is -7.09. The van der Waals surface area contributed by atoms with Gasteiger partial charge in [-0.2, -0.15) is 0 Å². The number of carbonyl (C=O) groups excluding carboxylic acids is 7. The third kappa shape index (κ3) is 11.0. The summed E-state index contributed by atoms with van der Waals surface area (Å²) >= 11 is 3.19. The van der Waals surface area contributed by atoms with Gasteiger partial charge >= 0.3 is 41.8 Å². The molecule has 2 aliphatic heterocycles. The first-order valence-electron chi connectivity index (χ1n) is 15.5. The van der Waals surface area contributed by atoms with Gasteiger partial charge < -0.3 is 47.4 Å². The molecule has 18 heteroatoms. The molecule has 2 saturated heterocycles. The van der Waals surface area contributed by atoms with Gasteiger partial charge in [-0.05, 0) is 0 Å². The molecule has 2 rings (SSSR count). The van der Waals surface area contributed by atoms with Gasteiger partial charge in [0.25, 0.3) is 0 Å². The largest absolute Gasteiger partial charge is 0.463 e. The van der Waals surface area contributed by atoms with Gasteiger partial charge in [-0.15, -0.1) is 0 Å². The SMILES string of the molecule is [2H]CC(=O)OC[C@H]1OC(OC[C@H]2O[C@H](Br)[C@H](OC(C)=O)[C@@H](OC(C)=O)[C@@H]2OC(C)=O)[C@H](OC(=O)C[2H])[C@@H](OC(=O)C[2H])[C@@H]1OC(=O)C[2H]. The molecular formula is C26H35BrO17. The molecule has 0 saturated carbocycles. The topological polar surface area (TPSA) is 212 Å². The molecule has 0 aromatic carbocycles. The first-order valence-corrected chi connectivity index (χ1v) is 13.6. The van der Waals surface area contributed by atoms with E-state index in [1.165, 1.54) is 0 Å². The van der Waals surface area contributed by atoms with Crippen LogP contribution in [0.3, 0.4) is 0 Å². The second kappa shape index (κ2) is 16.6. The zero-order valence-electron chi connectivity index (χ0n) is 27.8. The minimum Gasteiger partial charge on any atom is -0.463 e. The van der Waals surface area contributed by atoms with Crippen LogP contribution in [0.1, 0.15) is 53.9 Å². The Labute approximate surface area is 266 Å². The Morgan fingerprint density at radius 3 is 1.48 bits per heavy atom. The molecule has 0 radical (unpaired) electrons. The average molecular weight is 703 g/mol. The number of ether oxygens (including phenoxy) is 10. The van der Waals surface area contributed by atoms with Crippen LogP contribution in [0.5, 0.6) is 0 Å². The van der Waals surface area contributed by atoms with E-state index in [0.29, 0.717) is 0 Å². The van der Waals surface area contributed by atoms with Crippen LogP contribution >= 0.6 is 15.9 Å². The van der Waals surface area contributed by atoms with E-state index in [9.17, 15) is 33.6 Å². The van der Waals surface area contributed by atoms with Crippen LogP contribution in [0.15, 0.2) is 0 Å². The van der Waals surface area contributed by atoms with E-state index < -0.39 is 143 Å². The van der Waals surface area contributed by atoms with Gasteiger partial charge in [0.15, 0.2) is 47.9 Å². The molecule has 10 atom stereocenters. The molecular weight excluding hydrogens is 664 g/mol. The van der Waals surface area contributed by atoms with Crippen LogP contribution in [0, 0.1) is 0 Å². The molecule has 0 aromatic heterocycles. The normalized spacial score (nSPS) is 32.6. The van der Waals surface area contributed by atoms with Crippen molar-refractivity contribution < 1.29 is 86.4 Å². The van der Waals surface area contributed by atoms with Crippen molar-refractivity contribution in [2.45, 2.75) is 109 Å². The van der Waals surface area contributed by atoms with Crippen LogP contribution in [-0.4, -0.2) is 115 Å². The summed E-state index contributed by atoms with van der Waals surface area (Å²) < 4.78 is 83.5. The van der Waals surface area contributed by atoms with Gasteiger partial charge in [0.1, 0.15) is 18.8 Å². The Bertz CT molecular complexity index is 1180. The minimum absolute atomic E-state index is 0.653. The van der Waals surface area contributed by atoms with Crippen LogP contribution in [-0.2, 0) is 80.9 Å². The van der Waals surface area contributed by atoms with Crippen molar-refractivity contribution >= 4 is 57.7 Å². The second-order valence-corrected chi connectivity index (χ2v) is 10.1. The van der Waals surface area contributed by atoms with Gasteiger partial charge in [-0.25, -0.2) is 0 Å². The zero-order chi connectivity index (χ0) is 36.1. The van der Waals surface area contributed by atoms with E-state index in [0.717, 1.165) is 20.8 Å². The lowest BCUT2D eigenvalue weighted by Gasteiger charge is -2.45. The fourth-order valence-electron chi connectivity index (χ4n) is 4.34. The molecule has 2 aliphatic rings. The number of carbonyl (C=O) groups is 7. The number of alkyl halides is 1. The van der Waals surface area contributed by atoms with E-state index in [1.54, 1.807) is 0 Å². The maximum absolute atomic E-state index is 12.3. The molecule has 0 spiro atoms. The second-order valence-electron chi connectivity index (χ2n) is 9.17. The number of rotatable bonds is 11. The molecule has 17 nitrogen and oxygen atoms in total. The van der Waals surface area contributed by atoms with Gasteiger partial charge in [-0.1, -0.05) is 15.9 Å². The molecule has 0 aromatic rings. The number of hydrogen-bond acceptors (Lipinski definition) is 17. The Kier molecular flexibility index (Phi) is 11.6. The first-order chi connectivity index (χ1) is 22.6. The van der Waals surface area contributed by atoms with E-state index in [2.05, 4.69) is 15.9 Å². The molecule has 248 valence electrons. The number of esters is 7. The fraction of sp³-hybridized carbons (Fsp3) is 0.731. The van der Waals surface area contributed by atoms with E-state index >= 15 is 0 Å². The van der Waals surface area contributed by atoms with Crippen LogP contribution < -0.4 is 0 Å². The third-order valence-corrected chi connectivity index (χ3v) is 6.45. The molecule has 2 fully saturated rings. The van der Waals surface area contributed by atoms with Gasteiger partial charge in [0, 0.05) is 53.9 Å². The highest BCUT2D eigenvalue weighted by atomic mass is 79.9. The molecule has 0 bridgehead atoms. The van der Waals surface area contributed by atoms with Crippen LogP contribution in [0.4, 0.5) is 0 Å². The molecule has 2 heterocycles. The van der Waals surface area contributed by atoms with Crippen LogP contribution in [0.25, 0.3) is 0 Å². The monoisotopic (exact) mass is 702 g/mol. The van der Waals surface area contributed by atoms with Crippen molar-refractivity contribution in [2.24, 2.45) is 0 Å². The highest BCUT2D eigenvalue weighted by Gasteiger charge is 2.55. The van der Waals surface area contributed by atoms with Gasteiger partial charge in [-0.3, -0.25) is 33.6 Å². The summed E-state index contributed by atoms with van der Waals surface area (Å²) in [6.07, 6.45) is -14.4. The fourth-order valence-corrected chi connectivity index (χ4v) is 5.03. The smallest absolute Gasteiger partial charge is 0.303 e. The minimum atomic E-state index is -1.83. The molecule has 1 unspecified atom stereocenters. The zero-order valence-corrected chi connectivity index (χ0v) is 25.4. The van der Waals surface area contributed by atoms with Crippen molar-refractivity contribution in [3.8, 4) is 0 Å². The van der Waals surface area contributed by atoms with Crippen molar-refractivity contribution in [1.82, 2.24) is 0 Å². The summed E-state index contributed by atoms with van der Waals surface area (Å²) in [4.78, 5) is 84.5. The quantitative estimate of drug-likeness (QED) is 0.157. The summed E-state index contributed by atoms with van der Waals surface area (Å²) in [5.41, 5.74) is 0. The Hall–Kier alpha value is -3.35. The van der Waals surface area contributed by atoms with Crippen molar-refractivity contribution in [1.29, 1.82) is 0 Å². The van der Waals surface area contributed by atoms with Crippen LogP contribution in [0.2, 0.25) is 0 Å². The van der Waals surface area contributed by atoms with E-state index in [1.807, 2.05) is 0 Å². The van der Waals surface area contributed by atoms with E-state index in [4.69, 9.17) is 52.9 Å². The Morgan fingerprint density at radius 2 is 0.955 bits per heavy atom. The lowest BCUT2D eigenvalue weighted by atomic mass is 9.97. The molecule has 0 amide bonds. The van der Waals surface area contributed by atoms with Gasteiger partial charge in [0.2, 0.25) is 0 Å². The highest BCUT2D eigenvalue weighted by Crippen LogP contribution is 2.34. The predicted molar refractivity (Wildman–Crippen MR) is 142 cm³/mol. The summed E-state index contributed by atoms with van der Waals surface area (Å²) in [6.45, 7) is -1.85.